The zero-order chi connectivity index (χ0) is 20.4. The van der Waals surface area contributed by atoms with Gasteiger partial charge in [-0.05, 0) is 49.6 Å². The van der Waals surface area contributed by atoms with E-state index in [1.54, 1.807) is 12.1 Å². The number of benzene rings is 2. The molecule has 4 rings (SSSR count). The molecule has 2 amide bonds. The minimum Gasteiger partial charge on any atom is -0.366 e. The van der Waals surface area contributed by atoms with Gasteiger partial charge in [0.25, 0.3) is 5.91 Å². The number of fused-ring (bicyclic) bond motifs is 2. The Bertz CT molecular complexity index is 969. The Kier molecular flexibility index (Phi) is 5.34. The average molecular weight is 390 g/mol. The predicted octanol–water partition coefficient (Wildman–Crippen LogP) is 3.55. The molecule has 2 aromatic carbocycles. The molecule has 0 spiro atoms. The number of nitrogens with one attached hydrogen (secondary N) is 2. The van der Waals surface area contributed by atoms with Crippen molar-refractivity contribution < 1.29 is 9.59 Å². The first-order valence-corrected chi connectivity index (χ1v) is 10.2. The molecule has 1 aliphatic carbocycles. The van der Waals surface area contributed by atoms with Crippen molar-refractivity contribution in [2.75, 3.05) is 23.3 Å². The van der Waals surface area contributed by atoms with Crippen molar-refractivity contribution in [2.45, 2.75) is 32.7 Å². The molecular formula is C23H26N4O2. The molecule has 1 unspecified atom stereocenters. The number of rotatable bonds is 6. The summed E-state index contributed by atoms with van der Waals surface area (Å²) in [5.74, 6) is -0.0158. The van der Waals surface area contributed by atoms with Gasteiger partial charge in [-0.1, -0.05) is 25.1 Å². The summed E-state index contributed by atoms with van der Waals surface area (Å²) in [6.07, 6.45) is 3.98. The molecule has 1 aliphatic heterocycles. The maximum absolute atomic E-state index is 12.6. The van der Waals surface area contributed by atoms with Crippen LogP contribution in [0.1, 0.15) is 36.2 Å². The highest BCUT2D eigenvalue weighted by Crippen LogP contribution is 2.44. The first-order valence-electron chi connectivity index (χ1n) is 10.2. The fourth-order valence-electron chi connectivity index (χ4n) is 3.90. The van der Waals surface area contributed by atoms with E-state index in [9.17, 15) is 9.59 Å². The second-order valence-corrected chi connectivity index (χ2v) is 7.48. The van der Waals surface area contributed by atoms with Gasteiger partial charge in [0.2, 0.25) is 5.91 Å². The Morgan fingerprint density at radius 3 is 2.79 bits per heavy atom. The van der Waals surface area contributed by atoms with Crippen molar-refractivity contribution in [3.05, 3.63) is 53.6 Å². The van der Waals surface area contributed by atoms with Gasteiger partial charge in [0, 0.05) is 36.0 Å². The molecule has 2 aliphatic rings. The number of hydrogen-bond donors (Lipinski definition) is 2. The van der Waals surface area contributed by atoms with Gasteiger partial charge in [0.15, 0.2) is 0 Å². The van der Waals surface area contributed by atoms with Crippen molar-refractivity contribution in [3.63, 3.8) is 0 Å². The topological polar surface area (TPSA) is 73.8 Å². The molecule has 2 aromatic rings. The number of hydrogen-bond acceptors (Lipinski definition) is 4. The monoisotopic (exact) mass is 390 g/mol. The first kappa shape index (κ1) is 19.2. The number of carbonyl (C=O) groups excluding carboxylic acids is 2. The van der Waals surface area contributed by atoms with Crippen molar-refractivity contribution in [1.82, 2.24) is 5.32 Å². The molecule has 2 N–H and O–H groups in total. The Labute approximate surface area is 171 Å². The summed E-state index contributed by atoms with van der Waals surface area (Å²) >= 11 is 0. The lowest BCUT2D eigenvalue weighted by atomic mass is 10.1. The molecule has 0 saturated heterocycles. The van der Waals surface area contributed by atoms with E-state index in [1.165, 1.54) is 0 Å². The number of nitrogens with zero attached hydrogens (tertiary/aromatic N) is 2. The molecule has 1 fully saturated rings. The molecule has 0 bridgehead atoms. The molecule has 6 heteroatoms. The van der Waals surface area contributed by atoms with E-state index < -0.39 is 0 Å². The van der Waals surface area contributed by atoms with Crippen LogP contribution in [0.25, 0.3) is 0 Å². The van der Waals surface area contributed by atoms with E-state index in [-0.39, 0.29) is 18.4 Å². The van der Waals surface area contributed by atoms with Crippen LogP contribution in [-0.2, 0) is 11.2 Å². The lowest BCUT2D eigenvalue weighted by Gasteiger charge is -2.24. The van der Waals surface area contributed by atoms with Gasteiger partial charge in [-0.3, -0.25) is 14.6 Å². The van der Waals surface area contributed by atoms with E-state index in [0.717, 1.165) is 42.0 Å². The Morgan fingerprint density at radius 2 is 2.00 bits per heavy atom. The maximum Gasteiger partial charge on any atom is 0.251 e. The highest BCUT2D eigenvalue weighted by atomic mass is 16.2. The molecule has 29 heavy (non-hydrogen) atoms. The standard InChI is InChI=1S/C23H26N4O2/c1-3-15-7-5-6-8-18(15)26-22(28)14-25-23(29)16-9-10-20-19(11-16)24-13-17-12-21(17)27(20)4-2/h5-11,13,17,21H,3-4,12,14H2,1-2H3,(H,25,29)(H,26,28)/t17-,21?/m0/s1. The van der Waals surface area contributed by atoms with Crippen LogP contribution in [0.2, 0.25) is 0 Å². The molecule has 1 heterocycles. The van der Waals surface area contributed by atoms with Gasteiger partial charge in [0.05, 0.1) is 17.9 Å². The van der Waals surface area contributed by atoms with Gasteiger partial charge in [0.1, 0.15) is 0 Å². The molecule has 0 radical (unpaired) electrons. The highest BCUT2D eigenvalue weighted by molar-refractivity contribution is 6.00. The average Bonchev–Trinajstić information content (AvgIpc) is 3.52. The van der Waals surface area contributed by atoms with E-state index in [1.807, 2.05) is 43.5 Å². The van der Waals surface area contributed by atoms with Crippen LogP contribution in [0.15, 0.2) is 47.5 Å². The fourth-order valence-corrected chi connectivity index (χ4v) is 3.90. The van der Waals surface area contributed by atoms with Crippen LogP contribution in [0.4, 0.5) is 17.1 Å². The van der Waals surface area contributed by atoms with Crippen LogP contribution >= 0.6 is 0 Å². The third-order valence-corrected chi connectivity index (χ3v) is 5.58. The number of carbonyl (C=O) groups is 2. The van der Waals surface area contributed by atoms with E-state index >= 15 is 0 Å². The van der Waals surface area contributed by atoms with Crippen molar-refractivity contribution in [3.8, 4) is 0 Å². The van der Waals surface area contributed by atoms with Crippen LogP contribution in [0.3, 0.4) is 0 Å². The van der Waals surface area contributed by atoms with E-state index in [0.29, 0.717) is 17.5 Å². The molecule has 1 saturated carbocycles. The van der Waals surface area contributed by atoms with Crippen molar-refractivity contribution >= 4 is 35.1 Å². The fraction of sp³-hybridized carbons (Fsp3) is 0.348. The number of aliphatic imine (C=N–C) groups is 1. The van der Waals surface area contributed by atoms with E-state index in [2.05, 4.69) is 27.4 Å². The molecule has 2 atom stereocenters. The second kappa shape index (κ2) is 8.07. The van der Waals surface area contributed by atoms with Crippen LogP contribution in [0.5, 0.6) is 0 Å². The smallest absolute Gasteiger partial charge is 0.251 e. The van der Waals surface area contributed by atoms with E-state index in [4.69, 9.17) is 0 Å². The predicted molar refractivity (Wildman–Crippen MR) is 116 cm³/mol. The number of amides is 2. The van der Waals surface area contributed by atoms with Gasteiger partial charge in [-0.2, -0.15) is 0 Å². The van der Waals surface area contributed by atoms with Gasteiger partial charge < -0.3 is 15.5 Å². The molecule has 0 aromatic heterocycles. The second-order valence-electron chi connectivity index (χ2n) is 7.48. The molecular weight excluding hydrogens is 364 g/mol. The van der Waals surface area contributed by atoms with Crippen LogP contribution in [-0.4, -0.2) is 37.2 Å². The summed E-state index contributed by atoms with van der Waals surface area (Å²) in [5, 5.41) is 5.57. The minimum absolute atomic E-state index is 0.0809. The largest absolute Gasteiger partial charge is 0.366 e. The summed E-state index contributed by atoms with van der Waals surface area (Å²) in [6.45, 7) is 5.02. The molecule has 6 nitrogen and oxygen atoms in total. The summed E-state index contributed by atoms with van der Waals surface area (Å²) in [7, 11) is 0. The van der Waals surface area contributed by atoms with Gasteiger partial charge >= 0.3 is 0 Å². The quantitative estimate of drug-likeness (QED) is 0.792. The van der Waals surface area contributed by atoms with Gasteiger partial charge in [-0.25, -0.2) is 0 Å². The summed E-state index contributed by atoms with van der Waals surface area (Å²) in [6, 6.07) is 13.8. The lowest BCUT2D eigenvalue weighted by molar-refractivity contribution is -0.115. The van der Waals surface area contributed by atoms with Gasteiger partial charge in [-0.15, -0.1) is 0 Å². The lowest BCUT2D eigenvalue weighted by Crippen LogP contribution is -2.33. The Hall–Kier alpha value is -3.15. The Morgan fingerprint density at radius 1 is 1.17 bits per heavy atom. The van der Waals surface area contributed by atoms with Crippen molar-refractivity contribution in [1.29, 1.82) is 0 Å². The van der Waals surface area contributed by atoms with Crippen molar-refractivity contribution in [2.24, 2.45) is 10.9 Å². The van der Waals surface area contributed by atoms with Crippen LogP contribution < -0.4 is 15.5 Å². The zero-order valence-electron chi connectivity index (χ0n) is 16.8. The summed E-state index contributed by atoms with van der Waals surface area (Å²) in [4.78, 5) is 31.8. The maximum atomic E-state index is 12.6. The highest BCUT2D eigenvalue weighted by Gasteiger charge is 2.42. The summed E-state index contributed by atoms with van der Waals surface area (Å²) < 4.78 is 0. The third kappa shape index (κ3) is 4.01. The Balaban J connectivity index is 1.40. The number of anilines is 2. The third-order valence-electron chi connectivity index (χ3n) is 5.58. The minimum atomic E-state index is -0.278. The van der Waals surface area contributed by atoms with Crippen LogP contribution in [0, 0.1) is 5.92 Å². The zero-order valence-corrected chi connectivity index (χ0v) is 16.8. The number of para-hydroxylation sites is 1. The number of aryl methyl sites for hydroxylation is 1. The first-order chi connectivity index (χ1) is 14.1. The summed E-state index contributed by atoms with van der Waals surface area (Å²) in [5.41, 5.74) is 4.24. The normalized spacial score (nSPS) is 19.0. The molecule has 150 valence electrons. The SMILES string of the molecule is CCc1ccccc1NC(=O)CNC(=O)c1ccc2c(c1)N=C[C@@H]1CC1N2CC.